The summed E-state index contributed by atoms with van der Waals surface area (Å²) in [6.45, 7) is 3.56. The number of hydrogen-bond donors (Lipinski definition) is 1. The van der Waals surface area contributed by atoms with Crippen molar-refractivity contribution in [3.8, 4) is 17.4 Å². The van der Waals surface area contributed by atoms with Gasteiger partial charge in [-0.1, -0.05) is 6.07 Å². The fourth-order valence-corrected chi connectivity index (χ4v) is 1.96. The number of nitrogens with zero attached hydrogens (tertiary/aromatic N) is 2. The Hall–Kier alpha value is -2.50. The summed E-state index contributed by atoms with van der Waals surface area (Å²) in [6, 6.07) is 5.42. The van der Waals surface area contributed by atoms with E-state index in [9.17, 15) is 9.90 Å². The summed E-state index contributed by atoms with van der Waals surface area (Å²) in [4.78, 5) is 11.3. The quantitative estimate of drug-likeness (QED) is 0.928. The zero-order chi connectivity index (χ0) is 14.9. The number of aromatic nitrogens is 2. The molecule has 20 heavy (non-hydrogen) atoms. The van der Waals surface area contributed by atoms with E-state index in [2.05, 4.69) is 5.10 Å². The minimum absolute atomic E-state index is 0.0510. The van der Waals surface area contributed by atoms with E-state index in [1.54, 1.807) is 20.0 Å². The average molecular weight is 276 g/mol. The molecule has 1 aromatic heterocycles. The molecule has 0 atom stereocenters. The van der Waals surface area contributed by atoms with E-state index >= 15 is 0 Å². The highest BCUT2D eigenvalue weighted by molar-refractivity contribution is 5.91. The molecule has 2 aromatic rings. The Morgan fingerprint density at radius 2 is 2.00 bits per heavy atom. The van der Waals surface area contributed by atoms with Crippen LogP contribution in [0, 0.1) is 13.8 Å². The Kier molecular flexibility index (Phi) is 3.65. The van der Waals surface area contributed by atoms with Crippen LogP contribution in [-0.4, -0.2) is 28.0 Å². The summed E-state index contributed by atoms with van der Waals surface area (Å²) in [5.74, 6) is 0.0950. The molecule has 0 spiro atoms. The third-order valence-corrected chi connectivity index (χ3v) is 2.91. The maximum atomic E-state index is 11.3. The normalized spacial score (nSPS) is 10.4. The molecular weight excluding hydrogens is 260 g/mol. The Labute approximate surface area is 116 Å². The molecule has 0 fully saturated rings. The topological polar surface area (TPSA) is 73.6 Å². The molecule has 0 bridgehead atoms. The number of carbonyl (C=O) groups is 1. The van der Waals surface area contributed by atoms with Crippen LogP contribution in [0.5, 0.6) is 17.4 Å². The standard InChI is InChI=1S/C14H16N2O4/c1-8-5-6-10(11(7-8)19-4)20-13-12(14(17)18)9(2)15-16(13)3/h5-7H,1-4H3,(H,17,18). The molecule has 1 aromatic carbocycles. The van der Waals surface area contributed by atoms with Gasteiger partial charge in [-0.05, 0) is 31.5 Å². The van der Waals surface area contributed by atoms with E-state index in [4.69, 9.17) is 9.47 Å². The van der Waals surface area contributed by atoms with Gasteiger partial charge in [0.05, 0.1) is 12.8 Å². The lowest BCUT2D eigenvalue weighted by Gasteiger charge is -2.11. The van der Waals surface area contributed by atoms with E-state index in [1.165, 1.54) is 11.8 Å². The summed E-state index contributed by atoms with van der Waals surface area (Å²) in [6.07, 6.45) is 0. The summed E-state index contributed by atoms with van der Waals surface area (Å²) >= 11 is 0. The van der Waals surface area contributed by atoms with Crippen molar-refractivity contribution in [2.45, 2.75) is 13.8 Å². The molecule has 106 valence electrons. The molecule has 0 aliphatic rings. The minimum Gasteiger partial charge on any atom is -0.493 e. The van der Waals surface area contributed by atoms with E-state index < -0.39 is 5.97 Å². The van der Waals surface area contributed by atoms with Gasteiger partial charge < -0.3 is 14.6 Å². The molecule has 0 amide bonds. The van der Waals surface area contributed by atoms with Crippen molar-refractivity contribution in [2.24, 2.45) is 7.05 Å². The highest BCUT2D eigenvalue weighted by Gasteiger charge is 2.22. The molecule has 2 rings (SSSR count). The number of rotatable bonds is 4. The molecule has 0 unspecified atom stereocenters. The summed E-state index contributed by atoms with van der Waals surface area (Å²) < 4.78 is 12.3. The van der Waals surface area contributed by atoms with Crippen LogP contribution >= 0.6 is 0 Å². The fraction of sp³-hybridized carbons (Fsp3) is 0.286. The molecule has 0 aliphatic heterocycles. The van der Waals surface area contributed by atoms with Crippen molar-refractivity contribution >= 4 is 5.97 Å². The summed E-state index contributed by atoms with van der Waals surface area (Å²) in [5.41, 5.74) is 1.48. The molecule has 1 N–H and O–H groups in total. The van der Waals surface area contributed by atoms with Crippen LogP contribution in [-0.2, 0) is 7.05 Å². The SMILES string of the molecule is COc1cc(C)ccc1Oc1c(C(=O)O)c(C)nn1C. The lowest BCUT2D eigenvalue weighted by Crippen LogP contribution is -2.02. The second-order valence-corrected chi connectivity index (χ2v) is 4.45. The van der Waals surface area contributed by atoms with Crippen LogP contribution in [0.2, 0.25) is 0 Å². The molecular formula is C14H16N2O4. The highest BCUT2D eigenvalue weighted by Crippen LogP contribution is 2.34. The minimum atomic E-state index is -1.07. The Morgan fingerprint density at radius 1 is 1.30 bits per heavy atom. The van der Waals surface area contributed by atoms with Gasteiger partial charge in [-0.2, -0.15) is 5.10 Å². The van der Waals surface area contributed by atoms with E-state index in [0.29, 0.717) is 17.2 Å². The predicted molar refractivity (Wildman–Crippen MR) is 72.7 cm³/mol. The number of aryl methyl sites for hydroxylation is 3. The van der Waals surface area contributed by atoms with Crippen LogP contribution in [0.1, 0.15) is 21.6 Å². The third kappa shape index (κ3) is 2.45. The molecule has 0 radical (unpaired) electrons. The number of methoxy groups -OCH3 is 1. The zero-order valence-electron chi connectivity index (χ0n) is 11.8. The number of benzene rings is 1. The molecule has 0 aliphatic carbocycles. The molecule has 0 saturated heterocycles. The number of ether oxygens (including phenoxy) is 2. The molecule has 6 heteroatoms. The summed E-state index contributed by atoms with van der Waals surface area (Å²) in [5, 5.41) is 13.3. The average Bonchev–Trinajstić information content (AvgIpc) is 2.66. The maximum absolute atomic E-state index is 11.3. The van der Waals surface area contributed by atoms with Crippen molar-refractivity contribution in [1.29, 1.82) is 0 Å². The van der Waals surface area contributed by atoms with Crippen molar-refractivity contribution in [3.63, 3.8) is 0 Å². The predicted octanol–water partition coefficient (Wildman–Crippen LogP) is 2.54. The first-order chi connectivity index (χ1) is 9.43. The Balaban J connectivity index is 2.47. The number of aromatic carboxylic acids is 1. The van der Waals surface area contributed by atoms with Crippen LogP contribution in [0.15, 0.2) is 18.2 Å². The van der Waals surface area contributed by atoms with Gasteiger partial charge in [-0.15, -0.1) is 0 Å². The molecule has 0 saturated carbocycles. The maximum Gasteiger partial charge on any atom is 0.343 e. The lowest BCUT2D eigenvalue weighted by molar-refractivity contribution is 0.0693. The monoisotopic (exact) mass is 276 g/mol. The molecule has 6 nitrogen and oxygen atoms in total. The summed E-state index contributed by atoms with van der Waals surface area (Å²) in [7, 11) is 3.17. The van der Waals surface area contributed by atoms with Crippen molar-refractivity contribution < 1.29 is 19.4 Å². The number of hydrogen-bond acceptors (Lipinski definition) is 4. The number of carboxylic acid groups (broad SMARTS) is 1. The van der Waals surface area contributed by atoms with E-state index in [1.807, 2.05) is 19.1 Å². The van der Waals surface area contributed by atoms with Crippen molar-refractivity contribution in [1.82, 2.24) is 9.78 Å². The third-order valence-electron chi connectivity index (χ3n) is 2.91. The first kappa shape index (κ1) is 13.9. The highest BCUT2D eigenvalue weighted by atomic mass is 16.5. The lowest BCUT2D eigenvalue weighted by atomic mass is 10.2. The second-order valence-electron chi connectivity index (χ2n) is 4.45. The van der Waals surface area contributed by atoms with Gasteiger partial charge in [0, 0.05) is 7.05 Å². The van der Waals surface area contributed by atoms with Gasteiger partial charge in [0.1, 0.15) is 5.56 Å². The van der Waals surface area contributed by atoms with Crippen molar-refractivity contribution in [3.05, 3.63) is 35.0 Å². The first-order valence-electron chi connectivity index (χ1n) is 6.03. The fourth-order valence-electron chi connectivity index (χ4n) is 1.96. The zero-order valence-corrected chi connectivity index (χ0v) is 11.8. The van der Waals surface area contributed by atoms with Gasteiger partial charge >= 0.3 is 5.97 Å². The van der Waals surface area contributed by atoms with Gasteiger partial charge in [0.25, 0.3) is 0 Å². The van der Waals surface area contributed by atoms with E-state index in [0.717, 1.165) is 5.56 Å². The smallest absolute Gasteiger partial charge is 0.343 e. The van der Waals surface area contributed by atoms with Gasteiger partial charge in [-0.25, -0.2) is 9.48 Å². The van der Waals surface area contributed by atoms with Gasteiger partial charge in [0.15, 0.2) is 11.5 Å². The largest absolute Gasteiger partial charge is 0.493 e. The van der Waals surface area contributed by atoms with Crippen molar-refractivity contribution in [2.75, 3.05) is 7.11 Å². The first-order valence-corrected chi connectivity index (χ1v) is 6.03. The van der Waals surface area contributed by atoms with Crippen LogP contribution in [0.3, 0.4) is 0 Å². The van der Waals surface area contributed by atoms with Crippen LogP contribution < -0.4 is 9.47 Å². The molecule has 1 heterocycles. The van der Waals surface area contributed by atoms with E-state index in [-0.39, 0.29) is 11.4 Å². The Morgan fingerprint density at radius 3 is 2.60 bits per heavy atom. The van der Waals surface area contributed by atoms with Gasteiger partial charge in [0.2, 0.25) is 5.88 Å². The van der Waals surface area contributed by atoms with Crippen LogP contribution in [0.4, 0.5) is 0 Å². The van der Waals surface area contributed by atoms with Gasteiger partial charge in [-0.3, -0.25) is 0 Å². The second kappa shape index (κ2) is 5.24. The Bertz CT molecular complexity index is 661. The van der Waals surface area contributed by atoms with Crippen LogP contribution in [0.25, 0.3) is 0 Å². The number of carboxylic acids is 1.